The fourth-order valence-corrected chi connectivity index (χ4v) is 4.69. The summed E-state index contributed by atoms with van der Waals surface area (Å²) in [6.45, 7) is 2.84. The molecule has 1 amide bonds. The van der Waals surface area contributed by atoms with Crippen LogP contribution < -0.4 is 14.4 Å². The molecule has 1 saturated heterocycles. The summed E-state index contributed by atoms with van der Waals surface area (Å²) in [6, 6.07) is 20.8. The van der Waals surface area contributed by atoms with Crippen molar-refractivity contribution in [1.29, 1.82) is 0 Å². The van der Waals surface area contributed by atoms with Crippen molar-refractivity contribution < 1.29 is 14.3 Å². The molecule has 1 fully saturated rings. The molecule has 7 rings (SSSR count). The van der Waals surface area contributed by atoms with Crippen molar-refractivity contribution in [2.24, 2.45) is 0 Å². The molecule has 7 nitrogen and oxygen atoms in total. The molecule has 3 aliphatic rings. The van der Waals surface area contributed by atoms with E-state index in [1.54, 1.807) is 23.1 Å². The third-order valence-corrected chi connectivity index (χ3v) is 6.48. The average Bonchev–Trinajstić information content (AvgIpc) is 3.27. The van der Waals surface area contributed by atoms with Gasteiger partial charge in [0.25, 0.3) is 0 Å². The molecule has 4 aromatic rings. The second-order valence-corrected chi connectivity index (χ2v) is 9.12. The summed E-state index contributed by atoms with van der Waals surface area (Å²) >= 11 is 6.33. The maximum absolute atomic E-state index is 13.3. The molecule has 0 spiro atoms. The number of amides is 1. The highest BCUT2D eigenvalue weighted by Gasteiger charge is 2.28. The van der Waals surface area contributed by atoms with Gasteiger partial charge in [-0.15, -0.1) is 0 Å². The predicted octanol–water partition coefficient (Wildman–Crippen LogP) is 5.33. The van der Waals surface area contributed by atoms with Gasteiger partial charge in [0.1, 0.15) is 5.75 Å². The van der Waals surface area contributed by atoms with Crippen LogP contribution >= 0.6 is 11.6 Å². The quantitative estimate of drug-likeness (QED) is 0.336. The molecule has 1 atom stereocenters. The van der Waals surface area contributed by atoms with E-state index >= 15 is 0 Å². The van der Waals surface area contributed by atoms with Crippen LogP contribution in [0.15, 0.2) is 79.3 Å². The van der Waals surface area contributed by atoms with E-state index in [0.29, 0.717) is 59.9 Å². The van der Waals surface area contributed by atoms with Gasteiger partial charge < -0.3 is 18.9 Å². The Labute approximate surface area is 208 Å². The van der Waals surface area contributed by atoms with Crippen molar-refractivity contribution >= 4 is 23.2 Å². The Kier molecular flexibility index (Phi) is 5.64. The molecule has 0 N–H and O–H groups in total. The number of fused-ring (bicyclic) bond motifs is 2. The standard InChI is InChI=1S/C27H23ClN4O3/c28-20-8-9-24-23(13-20)32-11-10-30(17-27(32)33)16-21-14-29-18-31(21)15-19-4-3-5-22(12-19)34-25-6-1-2-7-26(25)35-24/h1-9,12-14,18H,10-11,15-17H2. The molecule has 0 aliphatic carbocycles. The minimum Gasteiger partial charge on any atom is -0.453 e. The van der Waals surface area contributed by atoms with Gasteiger partial charge in [-0.1, -0.05) is 35.9 Å². The third-order valence-electron chi connectivity index (χ3n) is 6.24. The van der Waals surface area contributed by atoms with Crippen LogP contribution in [0.2, 0.25) is 5.02 Å². The summed E-state index contributed by atoms with van der Waals surface area (Å²) in [7, 11) is 0. The molecule has 8 heteroatoms. The first-order chi connectivity index (χ1) is 17.1. The Morgan fingerprint density at radius 2 is 1.69 bits per heavy atom. The molecular formula is C27H23ClN4O3. The SMILES string of the molecule is O=C1CN2CCN1c1cc(Cl)ccc1Oc1ccccc1Oc1cccc(c1)Cn1cncc1C2. The first-order valence-electron chi connectivity index (χ1n) is 11.5. The lowest BCUT2D eigenvalue weighted by Crippen LogP contribution is -2.50. The number of nitrogens with zero attached hydrogens (tertiary/aromatic N) is 4. The summed E-state index contributed by atoms with van der Waals surface area (Å²) in [5.41, 5.74) is 2.79. The van der Waals surface area contributed by atoms with Crippen molar-refractivity contribution in [3.8, 4) is 23.0 Å². The van der Waals surface area contributed by atoms with Gasteiger partial charge in [0, 0.05) is 37.4 Å². The number of para-hydroxylation sites is 2. The molecular weight excluding hydrogens is 464 g/mol. The van der Waals surface area contributed by atoms with E-state index in [2.05, 4.69) is 20.5 Å². The maximum atomic E-state index is 13.3. The molecule has 4 bridgehead atoms. The van der Waals surface area contributed by atoms with Crippen LogP contribution in [0.1, 0.15) is 11.3 Å². The maximum Gasteiger partial charge on any atom is 0.241 e. The molecule has 1 aromatic heterocycles. The summed E-state index contributed by atoms with van der Waals surface area (Å²) in [5.74, 6) is 2.38. The Morgan fingerprint density at radius 1 is 0.829 bits per heavy atom. The number of imidazole rings is 1. The van der Waals surface area contributed by atoms with Crippen LogP contribution in [0.5, 0.6) is 23.0 Å². The largest absolute Gasteiger partial charge is 0.453 e. The highest BCUT2D eigenvalue weighted by molar-refractivity contribution is 6.31. The van der Waals surface area contributed by atoms with Crippen LogP contribution in [-0.4, -0.2) is 40.0 Å². The molecule has 4 heterocycles. The fourth-order valence-electron chi connectivity index (χ4n) is 4.52. The number of aromatic nitrogens is 2. The zero-order valence-electron chi connectivity index (χ0n) is 18.9. The van der Waals surface area contributed by atoms with Crippen molar-refractivity contribution in [3.05, 3.63) is 95.5 Å². The Balaban J connectivity index is 1.46. The van der Waals surface area contributed by atoms with Gasteiger partial charge in [-0.3, -0.25) is 9.69 Å². The first kappa shape index (κ1) is 21.7. The second kappa shape index (κ2) is 9.09. The average molecular weight is 487 g/mol. The smallest absolute Gasteiger partial charge is 0.241 e. The van der Waals surface area contributed by atoms with Crippen LogP contribution in [-0.2, 0) is 17.9 Å². The zero-order chi connectivity index (χ0) is 23.8. The zero-order valence-corrected chi connectivity index (χ0v) is 19.7. The van der Waals surface area contributed by atoms with E-state index in [-0.39, 0.29) is 5.91 Å². The summed E-state index contributed by atoms with van der Waals surface area (Å²) < 4.78 is 14.7. The van der Waals surface area contributed by atoms with Crippen LogP contribution in [0.3, 0.4) is 0 Å². The van der Waals surface area contributed by atoms with Gasteiger partial charge in [-0.2, -0.15) is 0 Å². The van der Waals surface area contributed by atoms with Gasteiger partial charge in [-0.05, 0) is 48.0 Å². The van der Waals surface area contributed by atoms with Crippen LogP contribution in [0, 0.1) is 0 Å². The third kappa shape index (κ3) is 4.48. The normalized spacial score (nSPS) is 17.5. The number of halogens is 1. The van der Waals surface area contributed by atoms with Gasteiger partial charge in [0.05, 0.1) is 24.3 Å². The molecule has 3 aliphatic heterocycles. The molecule has 0 radical (unpaired) electrons. The minimum absolute atomic E-state index is 0.00469. The van der Waals surface area contributed by atoms with Crippen molar-refractivity contribution in [1.82, 2.24) is 14.5 Å². The molecule has 35 heavy (non-hydrogen) atoms. The number of hydrogen-bond donors (Lipinski definition) is 0. The number of carbonyl (C=O) groups excluding carboxylic acids is 1. The highest BCUT2D eigenvalue weighted by Crippen LogP contribution is 2.40. The number of ether oxygens (including phenoxy) is 2. The number of carbonyl (C=O) groups is 1. The minimum atomic E-state index is -0.00469. The monoisotopic (exact) mass is 486 g/mol. The lowest BCUT2D eigenvalue weighted by atomic mass is 10.2. The topological polar surface area (TPSA) is 59.8 Å². The van der Waals surface area contributed by atoms with E-state index in [4.69, 9.17) is 21.1 Å². The number of benzene rings is 3. The Morgan fingerprint density at radius 3 is 2.54 bits per heavy atom. The molecule has 1 unspecified atom stereocenters. The lowest BCUT2D eigenvalue weighted by molar-refractivity contribution is -0.121. The van der Waals surface area contributed by atoms with Crippen molar-refractivity contribution in [2.45, 2.75) is 13.1 Å². The molecule has 176 valence electrons. The predicted molar refractivity (Wildman–Crippen MR) is 133 cm³/mol. The molecule has 3 aromatic carbocycles. The summed E-state index contributed by atoms with van der Waals surface area (Å²) in [5, 5.41) is 0.540. The lowest BCUT2D eigenvalue weighted by Gasteiger charge is -2.35. The van der Waals surface area contributed by atoms with Gasteiger partial charge in [-0.25, -0.2) is 4.98 Å². The van der Waals surface area contributed by atoms with E-state index in [0.717, 1.165) is 17.8 Å². The van der Waals surface area contributed by atoms with Gasteiger partial charge in [0.15, 0.2) is 17.2 Å². The number of rotatable bonds is 0. The Hall–Kier alpha value is -3.81. The van der Waals surface area contributed by atoms with E-state index in [1.807, 2.05) is 55.0 Å². The number of piperazine rings is 1. The van der Waals surface area contributed by atoms with E-state index in [9.17, 15) is 4.79 Å². The van der Waals surface area contributed by atoms with Crippen LogP contribution in [0.25, 0.3) is 0 Å². The second-order valence-electron chi connectivity index (χ2n) is 8.68. The summed E-state index contributed by atoms with van der Waals surface area (Å²) in [4.78, 5) is 21.5. The van der Waals surface area contributed by atoms with E-state index in [1.165, 1.54) is 0 Å². The number of hydrogen-bond acceptors (Lipinski definition) is 5. The first-order valence-corrected chi connectivity index (χ1v) is 11.9. The fraction of sp³-hybridized carbons (Fsp3) is 0.185. The number of anilines is 1. The summed E-state index contributed by atoms with van der Waals surface area (Å²) in [6.07, 6.45) is 3.70. The van der Waals surface area contributed by atoms with E-state index < -0.39 is 0 Å². The van der Waals surface area contributed by atoms with Crippen molar-refractivity contribution in [2.75, 3.05) is 24.5 Å². The van der Waals surface area contributed by atoms with Crippen molar-refractivity contribution in [3.63, 3.8) is 0 Å². The van der Waals surface area contributed by atoms with Gasteiger partial charge in [0.2, 0.25) is 5.91 Å². The van der Waals surface area contributed by atoms with Crippen LogP contribution in [0.4, 0.5) is 5.69 Å². The Bertz CT molecular complexity index is 1400. The van der Waals surface area contributed by atoms with Gasteiger partial charge >= 0.3 is 0 Å². The highest BCUT2D eigenvalue weighted by atomic mass is 35.5. The molecule has 0 saturated carbocycles.